The molecule has 0 radical (unpaired) electrons. The van der Waals surface area contributed by atoms with E-state index in [1.54, 1.807) is 41.1 Å². The van der Waals surface area contributed by atoms with Gasteiger partial charge in [0.2, 0.25) is 10.0 Å². The highest BCUT2D eigenvalue weighted by Gasteiger charge is 2.15. The van der Waals surface area contributed by atoms with Crippen LogP contribution in [0.5, 0.6) is 0 Å². The van der Waals surface area contributed by atoms with E-state index in [4.69, 9.17) is 10.2 Å². The lowest BCUT2D eigenvalue weighted by Crippen LogP contribution is -2.12. The molecule has 4 aromatic rings. The van der Waals surface area contributed by atoms with Gasteiger partial charge in [0.15, 0.2) is 9.84 Å². The van der Waals surface area contributed by atoms with Gasteiger partial charge in [-0.15, -0.1) is 0 Å². The number of hydrogen-bond donors (Lipinski definition) is 1. The van der Waals surface area contributed by atoms with Crippen LogP contribution in [0.25, 0.3) is 28.2 Å². The standard InChI is InChI=1S/C22H18BrN3O4S2/c1-31(27,28)19-10-4-15(5-11-19)21-14-22(16-2-6-17(23)7-3-16)26(25-21)18-8-12-20(13-9-18)32(24,29)30/h2-14H,1H3,(H2,24,29,30). The first-order valence-corrected chi connectivity index (χ1v) is 13.6. The lowest BCUT2D eigenvalue weighted by Gasteiger charge is -2.08. The van der Waals surface area contributed by atoms with E-state index >= 15 is 0 Å². The van der Waals surface area contributed by atoms with Crippen molar-refractivity contribution in [1.29, 1.82) is 0 Å². The molecule has 0 aliphatic rings. The molecule has 0 fully saturated rings. The van der Waals surface area contributed by atoms with Gasteiger partial charge in [-0.3, -0.25) is 0 Å². The third kappa shape index (κ3) is 4.68. The van der Waals surface area contributed by atoms with Crippen molar-refractivity contribution in [2.45, 2.75) is 9.79 Å². The van der Waals surface area contributed by atoms with Crippen LogP contribution in [-0.2, 0) is 19.9 Å². The van der Waals surface area contributed by atoms with Crippen LogP contribution in [0.3, 0.4) is 0 Å². The predicted octanol–water partition coefficient (Wildman–Crippen LogP) is 4.02. The molecule has 3 aromatic carbocycles. The lowest BCUT2D eigenvalue weighted by molar-refractivity contribution is 0.597. The molecule has 164 valence electrons. The number of hydrogen-bond acceptors (Lipinski definition) is 5. The summed E-state index contributed by atoms with van der Waals surface area (Å²) in [7, 11) is -7.11. The molecule has 0 aliphatic heterocycles. The minimum atomic E-state index is -3.81. The summed E-state index contributed by atoms with van der Waals surface area (Å²) in [5, 5.41) is 9.91. The zero-order valence-corrected chi connectivity index (χ0v) is 20.0. The highest BCUT2D eigenvalue weighted by molar-refractivity contribution is 9.10. The van der Waals surface area contributed by atoms with Gasteiger partial charge >= 0.3 is 0 Å². The minimum Gasteiger partial charge on any atom is -0.232 e. The van der Waals surface area contributed by atoms with Crippen LogP contribution in [0, 0.1) is 0 Å². The second-order valence-electron chi connectivity index (χ2n) is 7.17. The van der Waals surface area contributed by atoms with Crippen molar-refractivity contribution in [3.8, 4) is 28.2 Å². The molecule has 0 atom stereocenters. The molecule has 1 heterocycles. The minimum absolute atomic E-state index is 0.00943. The van der Waals surface area contributed by atoms with Crippen molar-refractivity contribution in [1.82, 2.24) is 9.78 Å². The van der Waals surface area contributed by atoms with Crippen molar-refractivity contribution in [3.63, 3.8) is 0 Å². The molecule has 0 saturated heterocycles. The summed E-state index contributed by atoms with van der Waals surface area (Å²) < 4.78 is 49.3. The average molecular weight is 532 g/mol. The molecule has 0 bridgehead atoms. The van der Waals surface area contributed by atoms with Crippen LogP contribution in [-0.4, -0.2) is 32.9 Å². The Morgan fingerprint density at radius 1 is 0.781 bits per heavy atom. The fraction of sp³-hybridized carbons (Fsp3) is 0.0455. The first-order chi connectivity index (χ1) is 15.0. The van der Waals surface area contributed by atoms with E-state index in [0.29, 0.717) is 11.4 Å². The molecule has 2 N–H and O–H groups in total. The zero-order valence-electron chi connectivity index (χ0n) is 16.8. The van der Waals surface area contributed by atoms with Gasteiger partial charge in [-0.25, -0.2) is 26.7 Å². The summed E-state index contributed by atoms with van der Waals surface area (Å²) in [5.41, 5.74) is 3.71. The Morgan fingerprint density at radius 2 is 1.31 bits per heavy atom. The summed E-state index contributed by atoms with van der Waals surface area (Å²) in [6.45, 7) is 0. The molecule has 10 heteroatoms. The third-order valence-corrected chi connectivity index (χ3v) is 7.42. The Balaban J connectivity index is 1.85. The molecular weight excluding hydrogens is 514 g/mol. The number of benzene rings is 3. The molecule has 0 spiro atoms. The topological polar surface area (TPSA) is 112 Å². The quantitative estimate of drug-likeness (QED) is 0.417. The highest BCUT2D eigenvalue weighted by Crippen LogP contribution is 2.30. The maximum Gasteiger partial charge on any atom is 0.238 e. The fourth-order valence-electron chi connectivity index (χ4n) is 3.20. The Kier molecular flexibility index (Phi) is 5.80. The lowest BCUT2D eigenvalue weighted by atomic mass is 10.1. The maximum atomic E-state index is 11.8. The van der Waals surface area contributed by atoms with E-state index in [9.17, 15) is 16.8 Å². The summed E-state index contributed by atoms with van der Waals surface area (Å²) >= 11 is 3.43. The molecule has 0 saturated carbocycles. The maximum absolute atomic E-state index is 11.8. The number of nitrogens with two attached hydrogens (primary N) is 1. The summed E-state index contributed by atoms with van der Waals surface area (Å²) in [5.74, 6) is 0. The fourth-order valence-corrected chi connectivity index (χ4v) is 4.61. The van der Waals surface area contributed by atoms with Gasteiger partial charge in [0.25, 0.3) is 0 Å². The van der Waals surface area contributed by atoms with E-state index in [1.807, 2.05) is 30.3 Å². The number of rotatable bonds is 5. The summed E-state index contributed by atoms with van der Waals surface area (Å²) in [6.07, 6.45) is 1.16. The second kappa shape index (κ2) is 8.28. The van der Waals surface area contributed by atoms with Crippen LogP contribution >= 0.6 is 15.9 Å². The average Bonchev–Trinajstić information content (AvgIpc) is 3.19. The highest BCUT2D eigenvalue weighted by atomic mass is 79.9. The Bertz CT molecular complexity index is 1490. The van der Waals surface area contributed by atoms with Crippen molar-refractivity contribution in [3.05, 3.63) is 83.3 Å². The molecule has 7 nitrogen and oxygen atoms in total. The van der Waals surface area contributed by atoms with E-state index in [2.05, 4.69) is 15.9 Å². The summed E-state index contributed by atoms with van der Waals surface area (Å²) in [6, 6.07) is 22.2. The number of primary sulfonamides is 1. The molecule has 0 amide bonds. The van der Waals surface area contributed by atoms with E-state index < -0.39 is 19.9 Å². The third-order valence-electron chi connectivity index (χ3n) is 4.84. The van der Waals surface area contributed by atoms with Gasteiger partial charge in [-0.05, 0) is 54.6 Å². The van der Waals surface area contributed by atoms with Gasteiger partial charge < -0.3 is 0 Å². The Labute approximate surface area is 194 Å². The van der Waals surface area contributed by atoms with Crippen molar-refractivity contribution in [2.75, 3.05) is 6.26 Å². The SMILES string of the molecule is CS(=O)(=O)c1ccc(-c2cc(-c3ccc(Br)cc3)n(-c3ccc(S(N)(=O)=O)cc3)n2)cc1. The largest absolute Gasteiger partial charge is 0.238 e. The number of nitrogens with zero attached hydrogens (tertiary/aromatic N) is 2. The number of sulfonamides is 1. The molecule has 0 aliphatic carbocycles. The number of sulfone groups is 1. The molecular formula is C22H18BrN3O4S2. The van der Waals surface area contributed by atoms with Crippen LogP contribution in [0.1, 0.15) is 0 Å². The van der Waals surface area contributed by atoms with Crippen LogP contribution in [0.15, 0.2) is 93.1 Å². The van der Waals surface area contributed by atoms with E-state index in [-0.39, 0.29) is 9.79 Å². The van der Waals surface area contributed by atoms with Crippen LogP contribution < -0.4 is 5.14 Å². The first-order valence-electron chi connectivity index (χ1n) is 9.32. The van der Waals surface area contributed by atoms with Crippen LogP contribution in [0.4, 0.5) is 0 Å². The normalized spacial score (nSPS) is 12.1. The smallest absolute Gasteiger partial charge is 0.232 e. The first kappa shape index (κ1) is 22.4. The van der Waals surface area contributed by atoms with Crippen LogP contribution in [0.2, 0.25) is 0 Å². The van der Waals surface area contributed by atoms with Crippen molar-refractivity contribution in [2.24, 2.45) is 5.14 Å². The zero-order chi connectivity index (χ0) is 23.1. The predicted molar refractivity (Wildman–Crippen MR) is 127 cm³/mol. The monoisotopic (exact) mass is 531 g/mol. The summed E-state index contributed by atoms with van der Waals surface area (Å²) in [4.78, 5) is 0.239. The Hall–Kier alpha value is -2.79. The number of halogens is 1. The molecule has 1 aromatic heterocycles. The molecule has 0 unspecified atom stereocenters. The van der Waals surface area contributed by atoms with Gasteiger partial charge in [0.1, 0.15) is 0 Å². The molecule has 4 rings (SSSR count). The van der Waals surface area contributed by atoms with E-state index in [1.165, 1.54) is 12.1 Å². The van der Waals surface area contributed by atoms with Gasteiger partial charge in [-0.2, -0.15) is 5.10 Å². The van der Waals surface area contributed by atoms with E-state index in [0.717, 1.165) is 27.5 Å². The molecule has 32 heavy (non-hydrogen) atoms. The van der Waals surface area contributed by atoms with Crippen molar-refractivity contribution < 1.29 is 16.8 Å². The van der Waals surface area contributed by atoms with Gasteiger partial charge in [0.05, 0.1) is 26.9 Å². The Morgan fingerprint density at radius 3 is 1.84 bits per heavy atom. The van der Waals surface area contributed by atoms with Gasteiger partial charge in [-0.1, -0.05) is 40.2 Å². The second-order valence-corrected chi connectivity index (χ2v) is 11.7. The number of aromatic nitrogens is 2. The van der Waals surface area contributed by atoms with Gasteiger partial charge in [0, 0.05) is 21.9 Å². The van der Waals surface area contributed by atoms with Crippen molar-refractivity contribution >= 4 is 35.8 Å².